The molecule has 0 N–H and O–H groups in total. The molecule has 0 amide bonds. The van der Waals surface area contributed by atoms with Crippen molar-refractivity contribution in [2.75, 3.05) is 32.8 Å². The fourth-order valence-corrected chi connectivity index (χ4v) is 4.12. The monoisotopic (exact) mass is 371 g/mol. The molecule has 1 unspecified atom stereocenters. The molecule has 0 saturated carbocycles. The van der Waals surface area contributed by atoms with E-state index in [4.69, 9.17) is 9.47 Å². The van der Waals surface area contributed by atoms with Gasteiger partial charge in [0.2, 0.25) is 0 Å². The highest BCUT2D eigenvalue weighted by molar-refractivity contribution is 4.80. The standard InChI is InChI=1S/C23H49NO2/c1-7-13-14-15-16-17-19-22(20-18-21-24(9-3)10-4)23(8-2,25-11-5)26-12-6/h22H,7-21H2,1-6H3. The van der Waals surface area contributed by atoms with Crippen molar-refractivity contribution in [3.05, 3.63) is 0 Å². The molecule has 0 aliphatic carbocycles. The molecule has 0 aromatic carbocycles. The summed E-state index contributed by atoms with van der Waals surface area (Å²) < 4.78 is 12.5. The zero-order chi connectivity index (χ0) is 19.7. The maximum atomic E-state index is 6.25. The normalized spacial score (nSPS) is 13.5. The number of rotatable bonds is 19. The van der Waals surface area contributed by atoms with Crippen LogP contribution < -0.4 is 0 Å². The summed E-state index contributed by atoms with van der Waals surface area (Å²) in [5.41, 5.74) is 0. The van der Waals surface area contributed by atoms with Crippen molar-refractivity contribution in [3.63, 3.8) is 0 Å². The van der Waals surface area contributed by atoms with Gasteiger partial charge < -0.3 is 14.4 Å². The van der Waals surface area contributed by atoms with Gasteiger partial charge >= 0.3 is 0 Å². The van der Waals surface area contributed by atoms with Crippen LogP contribution in [0.5, 0.6) is 0 Å². The molecular formula is C23H49NO2. The van der Waals surface area contributed by atoms with Gasteiger partial charge in [0.05, 0.1) is 0 Å². The molecule has 0 aliphatic rings. The van der Waals surface area contributed by atoms with Crippen molar-refractivity contribution in [2.45, 2.75) is 112 Å². The highest BCUT2D eigenvalue weighted by Gasteiger charge is 2.38. The summed E-state index contributed by atoms with van der Waals surface area (Å²) in [7, 11) is 0. The summed E-state index contributed by atoms with van der Waals surface area (Å²) in [6.45, 7) is 18.2. The van der Waals surface area contributed by atoms with Gasteiger partial charge in [0.25, 0.3) is 0 Å². The third kappa shape index (κ3) is 10.3. The SMILES string of the molecule is CCCCCCCCC(CCCN(CC)CC)C(CC)(OCC)OCC. The Morgan fingerprint density at radius 2 is 1.23 bits per heavy atom. The van der Waals surface area contributed by atoms with Crippen molar-refractivity contribution < 1.29 is 9.47 Å². The molecule has 0 rings (SSSR count). The van der Waals surface area contributed by atoms with E-state index in [1.165, 1.54) is 64.3 Å². The van der Waals surface area contributed by atoms with Crippen LogP contribution in [0.25, 0.3) is 0 Å². The van der Waals surface area contributed by atoms with Crippen molar-refractivity contribution in [1.82, 2.24) is 4.90 Å². The average molecular weight is 372 g/mol. The third-order valence-electron chi connectivity index (χ3n) is 5.72. The molecule has 0 radical (unpaired) electrons. The summed E-state index contributed by atoms with van der Waals surface area (Å²) in [5.74, 6) is 0.130. The molecule has 3 nitrogen and oxygen atoms in total. The lowest BCUT2D eigenvalue weighted by Gasteiger charge is -2.40. The van der Waals surface area contributed by atoms with E-state index < -0.39 is 0 Å². The zero-order valence-corrected chi connectivity index (χ0v) is 18.9. The lowest BCUT2D eigenvalue weighted by molar-refractivity contribution is -0.268. The van der Waals surface area contributed by atoms with E-state index in [0.29, 0.717) is 5.92 Å². The molecule has 3 heteroatoms. The van der Waals surface area contributed by atoms with Crippen LogP contribution >= 0.6 is 0 Å². The van der Waals surface area contributed by atoms with E-state index in [1.54, 1.807) is 0 Å². The molecule has 0 aliphatic heterocycles. The Labute approximate surface area is 165 Å². The maximum Gasteiger partial charge on any atom is 0.170 e. The Morgan fingerprint density at radius 3 is 1.73 bits per heavy atom. The van der Waals surface area contributed by atoms with E-state index in [2.05, 4.69) is 46.4 Å². The van der Waals surface area contributed by atoms with E-state index in [9.17, 15) is 0 Å². The van der Waals surface area contributed by atoms with Gasteiger partial charge in [0, 0.05) is 19.1 Å². The second-order valence-electron chi connectivity index (χ2n) is 7.45. The molecule has 158 valence electrons. The van der Waals surface area contributed by atoms with Crippen molar-refractivity contribution in [2.24, 2.45) is 5.92 Å². The predicted molar refractivity (Wildman–Crippen MR) is 115 cm³/mol. The second kappa shape index (κ2) is 17.0. The molecular weight excluding hydrogens is 322 g/mol. The van der Waals surface area contributed by atoms with Gasteiger partial charge in [-0.1, -0.05) is 66.2 Å². The van der Waals surface area contributed by atoms with Crippen LogP contribution in [0.4, 0.5) is 0 Å². The van der Waals surface area contributed by atoms with Crippen LogP contribution in [-0.2, 0) is 9.47 Å². The van der Waals surface area contributed by atoms with Gasteiger partial charge in [-0.2, -0.15) is 0 Å². The van der Waals surface area contributed by atoms with E-state index in [-0.39, 0.29) is 5.79 Å². The van der Waals surface area contributed by atoms with Gasteiger partial charge in [-0.25, -0.2) is 0 Å². The van der Waals surface area contributed by atoms with Gasteiger partial charge in [0.1, 0.15) is 0 Å². The van der Waals surface area contributed by atoms with Gasteiger partial charge in [-0.05, 0) is 59.2 Å². The van der Waals surface area contributed by atoms with Crippen LogP contribution in [0.1, 0.15) is 106 Å². The zero-order valence-electron chi connectivity index (χ0n) is 18.9. The minimum atomic E-state index is -0.379. The van der Waals surface area contributed by atoms with Crippen LogP contribution in [0.2, 0.25) is 0 Å². The Kier molecular flexibility index (Phi) is 16.9. The highest BCUT2D eigenvalue weighted by Crippen LogP contribution is 2.35. The van der Waals surface area contributed by atoms with Crippen LogP contribution in [0.15, 0.2) is 0 Å². The molecule has 0 heterocycles. The van der Waals surface area contributed by atoms with E-state index in [0.717, 1.165) is 32.7 Å². The van der Waals surface area contributed by atoms with Gasteiger partial charge in [-0.15, -0.1) is 0 Å². The molecule has 0 spiro atoms. The van der Waals surface area contributed by atoms with Crippen molar-refractivity contribution in [3.8, 4) is 0 Å². The maximum absolute atomic E-state index is 6.25. The van der Waals surface area contributed by atoms with Crippen LogP contribution in [0.3, 0.4) is 0 Å². The molecule has 0 aromatic heterocycles. The average Bonchev–Trinajstić information content (AvgIpc) is 2.66. The van der Waals surface area contributed by atoms with Gasteiger partial charge in [-0.3, -0.25) is 0 Å². The largest absolute Gasteiger partial charge is 0.350 e. The van der Waals surface area contributed by atoms with Crippen LogP contribution in [-0.4, -0.2) is 43.5 Å². The highest BCUT2D eigenvalue weighted by atomic mass is 16.7. The fourth-order valence-electron chi connectivity index (χ4n) is 4.12. The Balaban J connectivity index is 4.76. The fraction of sp³-hybridized carbons (Fsp3) is 1.00. The molecule has 1 atom stereocenters. The summed E-state index contributed by atoms with van der Waals surface area (Å²) in [5, 5.41) is 0. The minimum Gasteiger partial charge on any atom is -0.350 e. The topological polar surface area (TPSA) is 21.7 Å². The van der Waals surface area contributed by atoms with Crippen molar-refractivity contribution >= 4 is 0 Å². The third-order valence-corrected chi connectivity index (χ3v) is 5.72. The summed E-state index contributed by atoms with van der Waals surface area (Å²) in [6, 6.07) is 0. The minimum absolute atomic E-state index is 0.379. The first-order valence-electron chi connectivity index (χ1n) is 11.6. The van der Waals surface area contributed by atoms with Crippen LogP contribution in [0, 0.1) is 5.92 Å². The number of unbranched alkanes of at least 4 members (excludes halogenated alkanes) is 5. The molecule has 0 bridgehead atoms. The van der Waals surface area contributed by atoms with E-state index >= 15 is 0 Å². The number of nitrogens with zero attached hydrogens (tertiary/aromatic N) is 1. The Bertz CT molecular complexity index is 286. The molecule has 26 heavy (non-hydrogen) atoms. The first-order chi connectivity index (χ1) is 12.6. The first-order valence-corrected chi connectivity index (χ1v) is 11.6. The first kappa shape index (κ1) is 25.9. The quantitative estimate of drug-likeness (QED) is 0.187. The number of ether oxygens (including phenoxy) is 2. The van der Waals surface area contributed by atoms with Crippen molar-refractivity contribution in [1.29, 1.82) is 0 Å². The summed E-state index contributed by atoms with van der Waals surface area (Å²) >= 11 is 0. The molecule has 0 fully saturated rings. The Morgan fingerprint density at radius 1 is 0.692 bits per heavy atom. The summed E-state index contributed by atoms with van der Waals surface area (Å²) in [4.78, 5) is 2.52. The van der Waals surface area contributed by atoms with E-state index in [1.807, 2.05) is 0 Å². The van der Waals surface area contributed by atoms with Gasteiger partial charge in [0.15, 0.2) is 5.79 Å². The predicted octanol–water partition coefficient (Wildman–Crippen LogP) is 6.65. The lowest BCUT2D eigenvalue weighted by Crippen LogP contribution is -2.44. The summed E-state index contributed by atoms with van der Waals surface area (Å²) in [6.07, 6.45) is 12.8. The number of hydrogen-bond donors (Lipinski definition) is 0. The molecule has 0 aromatic rings. The smallest absolute Gasteiger partial charge is 0.170 e. The molecule has 0 saturated heterocycles. The number of hydrogen-bond acceptors (Lipinski definition) is 3. The lowest BCUT2D eigenvalue weighted by atomic mass is 9.86. The second-order valence-corrected chi connectivity index (χ2v) is 7.45. The Hall–Kier alpha value is -0.120.